The summed E-state index contributed by atoms with van der Waals surface area (Å²) in [6, 6.07) is 66.1. The van der Waals surface area contributed by atoms with E-state index in [4.69, 9.17) is 4.74 Å². The van der Waals surface area contributed by atoms with Crippen molar-refractivity contribution in [2.75, 3.05) is 4.90 Å². The van der Waals surface area contributed by atoms with Gasteiger partial charge in [-0.3, -0.25) is 4.79 Å². The molecule has 0 atom stereocenters. The van der Waals surface area contributed by atoms with E-state index in [0.717, 1.165) is 91.6 Å². The molecule has 0 fully saturated rings. The molecule has 1 aromatic heterocycles. The van der Waals surface area contributed by atoms with Gasteiger partial charge in [0.25, 0.3) is 0 Å². The van der Waals surface area contributed by atoms with Gasteiger partial charge in [-0.05, 0) is 101 Å². The van der Waals surface area contributed by atoms with Crippen molar-refractivity contribution in [3.05, 3.63) is 245 Å². The van der Waals surface area contributed by atoms with Gasteiger partial charge in [0.2, 0.25) is 0 Å². The summed E-state index contributed by atoms with van der Waals surface area (Å²) in [4.78, 5) is 16.7. The third-order valence-electron chi connectivity index (χ3n) is 12.7. The molecule has 0 N–H and O–H groups in total. The van der Waals surface area contributed by atoms with Gasteiger partial charge in [0.05, 0.1) is 27.8 Å². The molecule has 0 radical (unpaired) electrons. The molecule has 8 aromatic carbocycles. The number of anilines is 2. The molecular formula is C56H38N2O2. The van der Waals surface area contributed by atoms with E-state index in [1.165, 1.54) is 21.8 Å². The minimum Gasteiger partial charge on any atom is -0.453 e. The zero-order valence-corrected chi connectivity index (χ0v) is 32.8. The van der Waals surface area contributed by atoms with Gasteiger partial charge in [0.15, 0.2) is 17.3 Å². The van der Waals surface area contributed by atoms with Gasteiger partial charge in [0, 0.05) is 33.3 Å². The number of rotatable bonds is 5. The number of fused-ring (bicyclic) bond motifs is 7. The summed E-state index contributed by atoms with van der Waals surface area (Å²) < 4.78 is 9.27. The third-order valence-corrected chi connectivity index (χ3v) is 12.7. The molecule has 284 valence electrons. The van der Waals surface area contributed by atoms with Crippen LogP contribution in [-0.4, -0.2) is 10.4 Å². The molecule has 3 aliphatic rings. The monoisotopic (exact) mass is 770 g/mol. The fourth-order valence-electron chi connectivity index (χ4n) is 10.1. The number of para-hydroxylation sites is 2. The van der Waals surface area contributed by atoms with E-state index >= 15 is 0 Å². The summed E-state index contributed by atoms with van der Waals surface area (Å²) in [5.74, 6) is 1.62. The zero-order valence-electron chi connectivity index (χ0n) is 32.8. The van der Waals surface area contributed by atoms with Crippen molar-refractivity contribution in [1.82, 2.24) is 4.57 Å². The number of hydrogen-bond donors (Lipinski definition) is 0. The van der Waals surface area contributed by atoms with Crippen LogP contribution < -0.4 is 9.64 Å². The number of ether oxygens (including phenoxy) is 1. The van der Waals surface area contributed by atoms with Gasteiger partial charge in [-0.2, -0.15) is 0 Å². The molecule has 9 aromatic rings. The summed E-state index contributed by atoms with van der Waals surface area (Å²) in [6.45, 7) is 0. The van der Waals surface area contributed by atoms with Gasteiger partial charge in [-0.25, -0.2) is 0 Å². The molecule has 4 heteroatoms. The number of ketones is 1. The second kappa shape index (κ2) is 13.4. The van der Waals surface area contributed by atoms with E-state index in [1.807, 2.05) is 18.2 Å². The molecule has 4 nitrogen and oxygen atoms in total. The first-order chi connectivity index (χ1) is 29.7. The van der Waals surface area contributed by atoms with E-state index in [-0.39, 0.29) is 5.78 Å². The maximum absolute atomic E-state index is 14.4. The molecule has 0 amide bonds. The molecule has 0 bridgehead atoms. The van der Waals surface area contributed by atoms with Crippen molar-refractivity contribution in [3.8, 4) is 28.3 Å². The second-order valence-corrected chi connectivity index (χ2v) is 15.9. The number of carbonyl (C=O) groups is 1. The lowest BCUT2D eigenvalue weighted by Crippen LogP contribution is -2.38. The van der Waals surface area contributed by atoms with E-state index in [2.05, 4.69) is 198 Å². The first kappa shape index (κ1) is 34.4. The largest absolute Gasteiger partial charge is 0.453 e. The number of nitrogens with zero attached hydrogens (tertiary/aromatic N) is 2. The Morgan fingerprint density at radius 2 is 1.13 bits per heavy atom. The summed E-state index contributed by atoms with van der Waals surface area (Å²) in [6.07, 6.45) is 8.81. The van der Waals surface area contributed by atoms with Gasteiger partial charge in [0.1, 0.15) is 0 Å². The lowest BCUT2D eigenvalue weighted by Gasteiger charge is -2.42. The quantitative estimate of drug-likeness (QED) is 0.175. The average Bonchev–Trinajstić information content (AvgIpc) is 3.66. The van der Waals surface area contributed by atoms with Gasteiger partial charge >= 0.3 is 0 Å². The number of allylic oxidation sites excluding steroid dienone is 3. The van der Waals surface area contributed by atoms with Crippen LogP contribution in [0.1, 0.15) is 51.0 Å². The fraction of sp³-hybridized carbons (Fsp3) is 0.0536. The molecule has 2 heterocycles. The van der Waals surface area contributed by atoms with Crippen molar-refractivity contribution in [2.24, 2.45) is 0 Å². The molecule has 2 aliphatic carbocycles. The van der Waals surface area contributed by atoms with Crippen LogP contribution >= 0.6 is 0 Å². The molecule has 0 saturated heterocycles. The van der Waals surface area contributed by atoms with E-state index in [9.17, 15) is 4.79 Å². The summed E-state index contributed by atoms with van der Waals surface area (Å²) in [5, 5.41) is 2.46. The highest BCUT2D eigenvalue weighted by Crippen LogP contribution is 2.54. The first-order valence-electron chi connectivity index (χ1n) is 20.7. The van der Waals surface area contributed by atoms with Crippen LogP contribution in [0.5, 0.6) is 11.5 Å². The number of carbonyl (C=O) groups excluding carboxylic acids is 1. The minimum absolute atomic E-state index is 0.0461. The Hall–Kier alpha value is -7.69. The Morgan fingerprint density at radius 1 is 0.500 bits per heavy atom. The Kier molecular flexibility index (Phi) is 7.69. The first-order valence-corrected chi connectivity index (χ1v) is 20.7. The lowest BCUT2D eigenvalue weighted by atomic mass is 9.59. The molecule has 1 aliphatic heterocycles. The van der Waals surface area contributed by atoms with Crippen LogP contribution in [0.2, 0.25) is 0 Å². The van der Waals surface area contributed by atoms with Crippen LogP contribution in [0.4, 0.5) is 11.4 Å². The molecule has 0 unspecified atom stereocenters. The van der Waals surface area contributed by atoms with Crippen molar-refractivity contribution in [3.63, 3.8) is 0 Å². The maximum atomic E-state index is 14.4. The normalized spacial score (nSPS) is 14.8. The fourth-order valence-corrected chi connectivity index (χ4v) is 10.1. The topological polar surface area (TPSA) is 34.5 Å². The highest BCUT2D eigenvalue weighted by atomic mass is 16.5. The van der Waals surface area contributed by atoms with Crippen molar-refractivity contribution < 1.29 is 9.53 Å². The maximum Gasteiger partial charge on any atom is 0.193 e. The summed E-state index contributed by atoms with van der Waals surface area (Å²) >= 11 is 0. The predicted molar refractivity (Wildman–Crippen MR) is 243 cm³/mol. The highest BCUT2D eigenvalue weighted by Gasteiger charge is 2.46. The molecule has 0 spiro atoms. The summed E-state index contributed by atoms with van der Waals surface area (Å²) in [5.41, 5.74) is 13.5. The third kappa shape index (κ3) is 5.01. The van der Waals surface area contributed by atoms with Gasteiger partial charge < -0.3 is 14.2 Å². The molecule has 60 heavy (non-hydrogen) atoms. The molecule has 0 saturated carbocycles. The number of hydrogen-bond acceptors (Lipinski definition) is 3. The van der Waals surface area contributed by atoms with Crippen molar-refractivity contribution in [2.45, 2.75) is 18.3 Å². The second-order valence-electron chi connectivity index (χ2n) is 15.9. The van der Waals surface area contributed by atoms with Crippen LogP contribution in [-0.2, 0) is 5.41 Å². The molecule has 12 rings (SSSR count). The predicted octanol–water partition coefficient (Wildman–Crippen LogP) is 13.9. The van der Waals surface area contributed by atoms with Crippen LogP contribution in [0.25, 0.3) is 38.6 Å². The Morgan fingerprint density at radius 3 is 1.85 bits per heavy atom. The van der Waals surface area contributed by atoms with Crippen LogP contribution in [0.3, 0.4) is 0 Å². The smallest absolute Gasteiger partial charge is 0.193 e. The van der Waals surface area contributed by atoms with E-state index in [1.54, 1.807) is 0 Å². The van der Waals surface area contributed by atoms with Gasteiger partial charge in [-0.1, -0.05) is 152 Å². The van der Waals surface area contributed by atoms with E-state index < -0.39 is 5.41 Å². The SMILES string of the molecule is O=C1c2ccccc2C(c2ccccc2)(c2ccccc2)c2cc(-c3ccc4c(c3)Oc3ccc(-n5c6ccccc6c6ccccc65)cc3N4C3=CCCC=C3)ccc21. The molecular weight excluding hydrogens is 733 g/mol. The van der Waals surface area contributed by atoms with Crippen LogP contribution in [0, 0.1) is 0 Å². The Labute approximate surface area is 348 Å². The number of benzene rings is 8. The van der Waals surface area contributed by atoms with Crippen molar-refractivity contribution in [1.29, 1.82) is 0 Å². The van der Waals surface area contributed by atoms with Gasteiger partial charge in [-0.15, -0.1) is 0 Å². The Bertz CT molecular complexity index is 3170. The minimum atomic E-state index is -0.716. The van der Waals surface area contributed by atoms with E-state index in [0.29, 0.717) is 0 Å². The Balaban J connectivity index is 1.02. The van der Waals surface area contributed by atoms with Crippen LogP contribution in [0.15, 0.2) is 212 Å². The standard InChI is InChI=1S/C56H38N2O2/c59-55-45-24-10-13-25-47(45)56(39-16-4-1-5-17-39,40-18-6-2-7-19-40)48-34-37(28-31-46(48)55)38-29-32-51-54(35-38)60-53-33-30-42(36-52(53)57(51)41-20-8-3-9-21-41)58-49-26-14-11-22-43(49)44-23-12-15-27-50(44)58/h1-2,4-8,10-36H,3,9H2. The number of aromatic nitrogens is 1. The summed E-state index contributed by atoms with van der Waals surface area (Å²) in [7, 11) is 0. The average molecular weight is 771 g/mol. The highest BCUT2D eigenvalue weighted by molar-refractivity contribution is 6.14. The lowest BCUT2D eigenvalue weighted by molar-refractivity contribution is 0.103. The zero-order chi connectivity index (χ0) is 39.8. The van der Waals surface area contributed by atoms with Crippen molar-refractivity contribution >= 4 is 39.0 Å².